The van der Waals surface area contributed by atoms with Gasteiger partial charge in [0.25, 0.3) is 0 Å². The van der Waals surface area contributed by atoms with E-state index in [4.69, 9.17) is 0 Å². The Balaban J connectivity index is 0.00000216. The molecule has 2 unspecified atom stereocenters. The Hall–Kier alpha value is -3.56. The van der Waals surface area contributed by atoms with Gasteiger partial charge in [-0.2, -0.15) is 0 Å². The lowest BCUT2D eigenvalue weighted by atomic mass is 9.86. The second-order valence-electron chi connectivity index (χ2n) is 10.8. The summed E-state index contributed by atoms with van der Waals surface area (Å²) in [6, 6.07) is 33.2. The first kappa shape index (κ1) is 31.0. The van der Waals surface area contributed by atoms with Crippen molar-refractivity contribution in [1.29, 1.82) is 0 Å². The number of rotatable bonds is 11. The van der Waals surface area contributed by atoms with E-state index in [1.54, 1.807) is 0 Å². The molecule has 4 aromatic carbocycles. The minimum atomic E-state index is 0.114. The van der Waals surface area contributed by atoms with E-state index in [1.165, 1.54) is 11.1 Å². The monoisotopic (exact) mass is 537 g/mol. The molecule has 4 aromatic rings. The molecule has 0 bridgehead atoms. The van der Waals surface area contributed by atoms with Crippen molar-refractivity contribution in [3.8, 4) is 11.5 Å². The molecule has 0 aliphatic heterocycles. The van der Waals surface area contributed by atoms with Crippen LogP contribution in [0.2, 0.25) is 0 Å². The molecule has 40 heavy (non-hydrogen) atoms. The minimum Gasteiger partial charge on any atom is -0.508 e. The Morgan fingerprint density at radius 1 is 0.575 bits per heavy atom. The first-order chi connectivity index (χ1) is 19.3. The summed E-state index contributed by atoms with van der Waals surface area (Å²) in [5, 5.41) is 21.6. The third kappa shape index (κ3) is 8.22. The van der Waals surface area contributed by atoms with Crippen LogP contribution in [0.3, 0.4) is 0 Å². The third-order valence-electron chi connectivity index (χ3n) is 7.66. The summed E-state index contributed by atoms with van der Waals surface area (Å²) in [7, 11) is 0. The predicted octanol–water partition coefficient (Wildman–Crippen LogP) is 9.20. The maximum Gasteiger partial charge on any atom is 0.119 e. The highest BCUT2D eigenvalue weighted by molar-refractivity contribution is 5.44. The highest BCUT2D eigenvalue weighted by Gasteiger charge is 2.23. The Kier molecular flexibility index (Phi) is 11.8. The van der Waals surface area contributed by atoms with Crippen LogP contribution in [-0.2, 0) is 0 Å². The normalized spacial score (nSPS) is 12.6. The van der Waals surface area contributed by atoms with E-state index in [-0.39, 0.29) is 11.8 Å². The molecule has 0 aliphatic carbocycles. The van der Waals surface area contributed by atoms with Crippen LogP contribution in [0.25, 0.3) is 0 Å². The summed E-state index contributed by atoms with van der Waals surface area (Å²) < 4.78 is 0. The predicted molar refractivity (Wildman–Crippen MR) is 170 cm³/mol. The van der Waals surface area contributed by atoms with Gasteiger partial charge in [0.1, 0.15) is 11.5 Å². The number of hydrogen-bond acceptors (Lipinski definition) is 3. The van der Waals surface area contributed by atoms with Gasteiger partial charge in [0.2, 0.25) is 0 Å². The molecule has 3 nitrogen and oxygen atoms in total. The van der Waals surface area contributed by atoms with Gasteiger partial charge < -0.3 is 15.1 Å². The van der Waals surface area contributed by atoms with Crippen molar-refractivity contribution in [2.75, 3.05) is 13.1 Å². The number of nitrogens with zero attached hydrogens (tertiary/aromatic N) is 1. The molecule has 2 atom stereocenters. The fourth-order valence-corrected chi connectivity index (χ4v) is 5.50. The fourth-order valence-electron chi connectivity index (χ4n) is 5.50. The van der Waals surface area contributed by atoms with Gasteiger partial charge in [-0.1, -0.05) is 110 Å². The topological polar surface area (TPSA) is 43.7 Å². The molecular formula is C37H47NO2. The van der Waals surface area contributed by atoms with Crippen molar-refractivity contribution in [2.45, 2.75) is 72.3 Å². The molecule has 0 spiro atoms. The van der Waals surface area contributed by atoms with Crippen molar-refractivity contribution in [3.63, 3.8) is 0 Å². The van der Waals surface area contributed by atoms with Crippen LogP contribution >= 0.6 is 0 Å². The number of aromatic hydroxyl groups is 2. The van der Waals surface area contributed by atoms with Crippen molar-refractivity contribution in [3.05, 3.63) is 130 Å². The van der Waals surface area contributed by atoms with Crippen molar-refractivity contribution in [1.82, 2.24) is 4.90 Å². The first-order valence-electron chi connectivity index (χ1n) is 14.8. The van der Waals surface area contributed by atoms with Crippen LogP contribution in [0, 0.1) is 13.8 Å². The van der Waals surface area contributed by atoms with Crippen LogP contribution in [0.5, 0.6) is 11.5 Å². The highest BCUT2D eigenvalue weighted by atomic mass is 16.3. The zero-order chi connectivity index (χ0) is 29.1. The summed E-state index contributed by atoms with van der Waals surface area (Å²) in [4.78, 5) is 2.53. The zero-order valence-corrected chi connectivity index (χ0v) is 25.1. The van der Waals surface area contributed by atoms with E-state index in [1.807, 2.05) is 50.2 Å². The minimum absolute atomic E-state index is 0.114. The maximum absolute atomic E-state index is 10.8. The molecule has 0 radical (unpaired) electrons. The Labute approximate surface area is 242 Å². The number of aryl methyl sites for hydroxylation is 2. The molecule has 0 saturated carbocycles. The molecule has 0 amide bonds. The Morgan fingerprint density at radius 3 is 1.30 bits per heavy atom. The van der Waals surface area contributed by atoms with Crippen LogP contribution in [0.1, 0.15) is 85.8 Å². The van der Waals surface area contributed by atoms with Crippen LogP contribution in [-0.4, -0.2) is 34.2 Å². The molecule has 0 heterocycles. The van der Waals surface area contributed by atoms with Gasteiger partial charge in [0.15, 0.2) is 0 Å². The number of hydrogen-bond donors (Lipinski definition) is 2. The van der Waals surface area contributed by atoms with E-state index in [0.717, 1.165) is 48.2 Å². The highest BCUT2D eigenvalue weighted by Crippen LogP contribution is 2.37. The van der Waals surface area contributed by atoms with Crippen LogP contribution in [0.4, 0.5) is 0 Å². The van der Waals surface area contributed by atoms with Crippen LogP contribution in [0.15, 0.2) is 97.1 Å². The van der Waals surface area contributed by atoms with Gasteiger partial charge in [0.05, 0.1) is 0 Å². The lowest BCUT2D eigenvalue weighted by Gasteiger charge is -2.31. The SMILES string of the molecule is CC.Cc1ccc(O)c(C(CCN(CCC(c2ccccc2)c2cc(C)ccc2O)C(C)C)c2ccccc2)c1. The summed E-state index contributed by atoms with van der Waals surface area (Å²) in [5.41, 5.74) is 6.75. The fraction of sp³-hybridized carbons (Fsp3) is 0.351. The number of phenolic OH excluding ortho intramolecular Hbond substituents is 2. The molecule has 0 aromatic heterocycles. The largest absolute Gasteiger partial charge is 0.508 e. The molecule has 0 fully saturated rings. The second kappa shape index (κ2) is 15.3. The molecule has 0 aliphatic rings. The molecule has 3 heteroatoms. The van der Waals surface area contributed by atoms with Crippen molar-refractivity contribution in [2.24, 2.45) is 0 Å². The molecule has 2 N–H and O–H groups in total. The van der Waals surface area contributed by atoms with E-state index >= 15 is 0 Å². The number of phenols is 2. The van der Waals surface area contributed by atoms with E-state index in [2.05, 4.69) is 93.3 Å². The Morgan fingerprint density at radius 2 is 0.950 bits per heavy atom. The first-order valence-corrected chi connectivity index (χ1v) is 14.8. The summed E-state index contributed by atoms with van der Waals surface area (Å²) >= 11 is 0. The van der Waals surface area contributed by atoms with E-state index < -0.39 is 0 Å². The van der Waals surface area contributed by atoms with Gasteiger partial charge in [-0.25, -0.2) is 0 Å². The maximum atomic E-state index is 10.8. The molecule has 212 valence electrons. The van der Waals surface area contributed by atoms with E-state index in [9.17, 15) is 10.2 Å². The zero-order valence-electron chi connectivity index (χ0n) is 25.1. The lowest BCUT2D eigenvalue weighted by molar-refractivity contribution is 0.210. The van der Waals surface area contributed by atoms with E-state index in [0.29, 0.717) is 17.5 Å². The standard InChI is InChI=1S/C35H41NO2.C2H6/c1-25(2)36(21-19-30(28-11-7-5-8-12-28)32-23-26(3)15-17-34(32)37)22-20-31(29-13-9-6-10-14-29)33-24-27(4)16-18-35(33)38;1-2/h5-18,23-25,30-31,37-38H,19-22H2,1-4H3;1-2H3. The van der Waals surface area contributed by atoms with Crippen molar-refractivity contribution < 1.29 is 10.2 Å². The summed E-state index contributed by atoms with van der Waals surface area (Å²) in [6.07, 6.45) is 1.82. The smallest absolute Gasteiger partial charge is 0.119 e. The molecule has 0 saturated heterocycles. The second-order valence-corrected chi connectivity index (χ2v) is 10.8. The van der Waals surface area contributed by atoms with Gasteiger partial charge in [0, 0.05) is 29.0 Å². The van der Waals surface area contributed by atoms with Gasteiger partial charge in [-0.05, 0) is 76.9 Å². The van der Waals surface area contributed by atoms with Crippen molar-refractivity contribution >= 4 is 0 Å². The van der Waals surface area contributed by atoms with Crippen LogP contribution < -0.4 is 0 Å². The molecule has 4 rings (SSSR count). The average Bonchev–Trinajstić information content (AvgIpc) is 2.97. The Bertz CT molecular complexity index is 1200. The average molecular weight is 538 g/mol. The third-order valence-corrected chi connectivity index (χ3v) is 7.66. The van der Waals surface area contributed by atoms with Gasteiger partial charge in [-0.3, -0.25) is 0 Å². The summed E-state index contributed by atoms with van der Waals surface area (Å²) in [6.45, 7) is 14.5. The van der Waals surface area contributed by atoms with Gasteiger partial charge in [-0.15, -0.1) is 0 Å². The summed E-state index contributed by atoms with van der Waals surface area (Å²) in [5.74, 6) is 0.949. The quantitative estimate of drug-likeness (QED) is 0.200. The lowest BCUT2D eigenvalue weighted by Crippen LogP contribution is -2.34. The number of benzene rings is 4. The van der Waals surface area contributed by atoms with Gasteiger partial charge >= 0.3 is 0 Å². The molecular weight excluding hydrogens is 490 g/mol.